The van der Waals surface area contributed by atoms with Crippen LogP contribution in [0.15, 0.2) is 41.6 Å². The van der Waals surface area contributed by atoms with E-state index >= 15 is 0 Å². The van der Waals surface area contributed by atoms with E-state index in [9.17, 15) is 14.4 Å². The lowest BCUT2D eigenvalue weighted by Gasteiger charge is -2.29. The number of fused-ring (bicyclic) bond motifs is 1. The van der Waals surface area contributed by atoms with Gasteiger partial charge in [0.05, 0.1) is 24.3 Å². The molecule has 0 saturated heterocycles. The Morgan fingerprint density at radius 1 is 1.05 bits per heavy atom. The highest BCUT2D eigenvalue weighted by molar-refractivity contribution is 6.07. The monoisotopic (exact) mass is 580 g/mol. The van der Waals surface area contributed by atoms with Crippen molar-refractivity contribution in [2.24, 2.45) is 10.9 Å². The Morgan fingerprint density at radius 2 is 1.71 bits per heavy atom. The van der Waals surface area contributed by atoms with Gasteiger partial charge < -0.3 is 34.8 Å². The molecule has 2 heterocycles. The van der Waals surface area contributed by atoms with Gasteiger partial charge in [0.15, 0.2) is 5.96 Å². The van der Waals surface area contributed by atoms with Crippen molar-refractivity contribution >= 4 is 35.3 Å². The molecule has 2 aliphatic heterocycles. The molecule has 0 aromatic heterocycles. The SMILES string of the molecule is CC(C)(C)OC(=O)CC1(C(=O)OC(C)(C)C)CC(c2cc(OC(=O)c3ccc(NC(=N)N)cc3)cc3c2CCO3)=NO1. The molecular formula is C30H36N4O8. The van der Waals surface area contributed by atoms with Gasteiger partial charge in [-0.15, -0.1) is 0 Å². The van der Waals surface area contributed by atoms with Crippen LogP contribution in [-0.4, -0.2) is 53.0 Å². The first-order chi connectivity index (χ1) is 19.5. The number of ether oxygens (including phenoxy) is 4. The lowest BCUT2D eigenvalue weighted by Crippen LogP contribution is -2.46. The van der Waals surface area contributed by atoms with Gasteiger partial charge >= 0.3 is 17.9 Å². The average Bonchev–Trinajstić information content (AvgIpc) is 3.49. The van der Waals surface area contributed by atoms with Gasteiger partial charge in [0.25, 0.3) is 0 Å². The zero-order valence-corrected chi connectivity index (χ0v) is 24.6. The Hall–Kier alpha value is -4.61. The molecule has 4 rings (SSSR count). The molecule has 0 saturated carbocycles. The fraction of sp³-hybridized carbons (Fsp3) is 0.433. The molecule has 0 aliphatic carbocycles. The van der Waals surface area contributed by atoms with Gasteiger partial charge in [-0.05, 0) is 71.9 Å². The van der Waals surface area contributed by atoms with Crippen LogP contribution >= 0.6 is 0 Å². The number of nitrogens with two attached hydrogens (primary N) is 1. The third kappa shape index (κ3) is 7.36. The van der Waals surface area contributed by atoms with E-state index < -0.39 is 41.1 Å². The summed E-state index contributed by atoms with van der Waals surface area (Å²) >= 11 is 0. The molecule has 2 aliphatic rings. The van der Waals surface area contributed by atoms with Crippen LogP contribution in [0.4, 0.5) is 5.69 Å². The highest BCUT2D eigenvalue weighted by Crippen LogP contribution is 2.39. The molecule has 224 valence electrons. The Labute approximate surface area is 244 Å². The minimum atomic E-state index is -1.74. The van der Waals surface area contributed by atoms with Crippen molar-refractivity contribution in [1.82, 2.24) is 0 Å². The van der Waals surface area contributed by atoms with Crippen molar-refractivity contribution in [3.63, 3.8) is 0 Å². The Bertz CT molecular complexity index is 1440. The van der Waals surface area contributed by atoms with Gasteiger partial charge in [0.1, 0.15) is 22.7 Å². The summed E-state index contributed by atoms with van der Waals surface area (Å²) in [6, 6.07) is 9.53. The summed E-state index contributed by atoms with van der Waals surface area (Å²) in [6.45, 7) is 10.8. The van der Waals surface area contributed by atoms with E-state index in [0.717, 1.165) is 5.56 Å². The number of carbonyl (C=O) groups is 3. The topological polar surface area (TPSA) is 172 Å². The molecule has 12 heteroatoms. The number of carbonyl (C=O) groups excluding carboxylic acids is 3. The van der Waals surface area contributed by atoms with Gasteiger partial charge in [-0.2, -0.15) is 0 Å². The van der Waals surface area contributed by atoms with Gasteiger partial charge in [0, 0.05) is 35.7 Å². The van der Waals surface area contributed by atoms with Gasteiger partial charge in [-0.1, -0.05) is 5.16 Å². The van der Waals surface area contributed by atoms with E-state index in [0.29, 0.717) is 35.7 Å². The van der Waals surface area contributed by atoms with E-state index in [-0.39, 0.29) is 23.7 Å². The zero-order chi connectivity index (χ0) is 30.9. The first-order valence-corrected chi connectivity index (χ1v) is 13.5. The standard InChI is InChI=1S/C30H36N4O8/c1-28(2,3)40-24(35)16-30(26(37)41-29(4,5)6)15-22(34-42-30)21-13-19(14-23-20(21)11-12-38-23)39-25(36)17-7-9-18(10-8-17)33-27(31)32/h7-10,13-14H,11-12,15-16H2,1-6H3,(H4,31,32,33). The van der Waals surface area contributed by atoms with Crippen LogP contribution in [-0.2, 0) is 30.3 Å². The maximum absolute atomic E-state index is 13.4. The van der Waals surface area contributed by atoms with Crippen LogP contribution in [0.5, 0.6) is 11.5 Å². The summed E-state index contributed by atoms with van der Waals surface area (Å²) < 4.78 is 22.5. The van der Waals surface area contributed by atoms with Crippen molar-refractivity contribution < 1.29 is 38.2 Å². The molecular weight excluding hydrogens is 544 g/mol. The Morgan fingerprint density at radius 3 is 2.33 bits per heavy atom. The highest BCUT2D eigenvalue weighted by Gasteiger charge is 2.52. The second-order valence-electron chi connectivity index (χ2n) is 12.1. The molecule has 42 heavy (non-hydrogen) atoms. The van der Waals surface area contributed by atoms with Gasteiger partial charge in [-0.3, -0.25) is 10.2 Å². The van der Waals surface area contributed by atoms with Crippen molar-refractivity contribution in [3.05, 3.63) is 53.1 Å². The largest absolute Gasteiger partial charge is 0.493 e. The molecule has 4 N–H and O–H groups in total. The van der Waals surface area contributed by atoms with Crippen molar-refractivity contribution in [2.75, 3.05) is 11.9 Å². The number of guanidine groups is 1. The molecule has 2 aromatic carbocycles. The fourth-order valence-corrected chi connectivity index (χ4v) is 4.48. The van der Waals surface area contributed by atoms with Crippen LogP contribution < -0.4 is 20.5 Å². The number of esters is 3. The second kappa shape index (κ2) is 11.3. The molecule has 1 atom stereocenters. The molecule has 0 fully saturated rings. The minimum Gasteiger partial charge on any atom is -0.493 e. The van der Waals surface area contributed by atoms with Crippen LogP contribution in [0.2, 0.25) is 0 Å². The quantitative estimate of drug-likeness (QED) is 0.187. The zero-order valence-electron chi connectivity index (χ0n) is 24.6. The lowest BCUT2D eigenvalue weighted by molar-refractivity contribution is -0.188. The van der Waals surface area contributed by atoms with E-state index in [1.807, 2.05) is 0 Å². The normalized spacial score (nSPS) is 17.7. The number of nitrogens with zero attached hydrogens (tertiary/aromatic N) is 1. The predicted octanol–water partition coefficient (Wildman–Crippen LogP) is 4.08. The molecule has 1 unspecified atom stereocenters. The summed E-state index contributed by atoms with van der Waals surface area (Å²) in [5.74, 6) is -1.50. The minimum absolute atomic E-state index is 0.0738. The number of hydrogen-bond acceptors (Lipinski definition) is 10. The fourth-order valence-electron chi connectivity index (χ4n) is 4.48. The summed E-state index contributed by atoms with van der Waals surface area (Å²) in [6.07, 6.45) is 0.0810. The molecule has 0 bridgehead atoms. The van der Waals surface area contributed by atoms with E-state index in [1.54, 1.807) is 77.9 Å². The van der Waals surface area contributed by atoms with Crippen molar-refractivity contribution in [2.45, 2.75) is 77.6 Å². The Kier molecular flexibility index (Phi) is 8.20. The number of benzene rings is 2. The van der Waals surface area contributed by atoms with Crippen LogP contribution in [0, 0.1) is 5.41 Å². The number of rotatable bonds is 7. The van der Waals surface area contributed by atoms with Crippen LogP contribution in [0.3, 0.4) is 0 Å². The molecule has 0 amide bonds. The summed E-state index contributed by atoms with van der Waals surface area (Å²) in [4.78, 5) is 44.9. The van der Waals surface area contributed by atoms with Crippen molar-refractivity contribution in [1.29, 1.82) is 5.41 Å². The summed E-state index contributed by atoms with van der Waals surface area (Å²) in [5.41, 5.74) is 4.59. The van der Waals surface area contributed by atoms with Gasteiger partial charge in [0.2, 0.25) is 5.60 Å². The number of oxime groups is 1. The molecule has 2 aromatic rings. The third-order valence-corrected chi connectivity index (χ3v) is 6.12. The van der Waals surface area contributed by atoms with Crippen LogP contribution in [0.25, 0.3) is 0 Å². The highest BCUT2D eigenvalue weighted by atomic mass is 16.7. The second-order valence-corrected chi connectivity index (χ2v) is 12.1. The molecule has 0 spiro atoms. The Balaban J connectivity index is 1.60. The maximum atomic E-state index is 13.4. The predicted molar refractivity (Wildman–Crippen MR) is 154 cm³/mol. The van der Waals surface area contributed by atoms with Crippen LogP contribution in [0.1, 0.15) is 75.9 Å². The first kappa shape index (κ1) is 30.4. The number of anilines is 1. The van der Waals surface area contributed by atoms with Gasteiger partial charge in [-0.25, -0.2) is 9.59 Å². The summed E-state index contributed by atoms with van der Waals surface area (Å²) in [7, 11) is 0. The average molecular weight is 581 g/mol. The van der Waals surface area contributed by atoms with Crippen molar-refractivity contribution in [3.8, 4) is 11.5 Å². The molecule has 12 nitrogen and oxygen atoms in total. The maximum Gasteiger partial charge on any atom is 0.354 e. The van der Waals surface area contributed by atoms with E-state index in [4.69, 9.17) is 34.9 Å². The number of hydrogen-bond donors (Lipinski definition) is 3. The number of nitrogens with one attached hydrogen (secondary N) is 2. The summed E-state index contributed by atoms with van der Waals surface area (Å²) in [5, 5.41) is 14.2. The molecule has 0 radical (unpaired) electrons. The third-order valence-electron chi connectivity index (χ3n) is 6.12. The van der Waals surface area contributed by atoms with E-state index in [1.165, 1.54) is 0 Å². The van der Waals surface area contributed by atoms with E-state index in [2.05, 4.69) is 10.5 Å². The smallest absolute Gasteiger partial charge is 0.354 e. The lowest BCUT2D eigenvalue weighted by atomic mass is 9.88. The first-order valence-electron chi connectivity index (χ1n) is 13.5.